The molecule has 0 aromatic heterocycles. The van der Waals surface area contributed by atoms with Gasteiger partial charge in [0.2, 0.25) is 5.91 Å². The summed E-state index contributed by atoms with van der Waals surface area (Å²) in [4.78, 5) is 40.3. The number of likely N-dealkylation sites (tertiary alicyclic amines) is 1. The van der Waals surface area contributed by atoms with E-state index in [2.05, 4.69) is 41.1 Å². The Balaban J connectivity index is 1.60. The molecule has 2 aromatic carbocycles. The molecule has 1 unspecified atom stereocenters. The van der Waals surface area contributed by atoms with E-state index < -0.39 is 30.2 Å². The molecule has 7 heteroatoms. The van der Waals surface area contributed by atoms with Crippen LogP contribution in [0.2, 0.25) is 0 Å². The molecule has 7 nitrogen and oxygen atoms in total. The maximum Gasteiger partial charge on any atom is 0.254 e. The second-order valence-corrected chi connectivity index (χ2v) is 8.93. The number of aliphatic hydroxyl groups excluding tert-OH is 1. The van der Waals surface area contributed by atoms with Crippen LogP contribution in [0.4, 0.5) is 0 Å². The summed E-state index contributed by atoms with van der Waals surface area (Å²) in [5.41, 5.74) is 3.25. The topological polar surface area (TPSA) is 90.0 Å². The highest BCUT2D eigenvalue weighted by atomic mass is 16.3. The Morgan fingerprint density at radius 3 is 2.14 bits per heavy atom. The molecule has 0 radical (unpaired) electrons. The number of ketones is 1. The molecule has 2 amide bonds. The first kappa shape index (κ1) is 26.1. The highest BCUT2D eigenvalue weighted by molar-refractivity contribution is 6.10. The zero-order valence-corrected chi connectivity index (χ0v) is 20.6. The van der Waals surface area contributed by atoms with Gasteiger partial charge in [-0.05, 0) is 54.3 Å². The van der Waals surface area contributed by atoms with Gasteiger partial charge in [0.15, 0.2) is 11.8 Å². The molecule has 0 aliphatic carbocycles. The van der Waals surface area contributed by atoms with Gasteiger partial charge in [0.1, 0.15) is 6.61 Å². The van der Waals surface area contributed by atoms with Crippen molar-refractivity contribution < 1.29 is 19.5 Å². The van der Waals surface area contributed by atoms with E-state index in [1.54, 1.807) is 24.3 Å². The number of nitrogens with one attached hydrogen (secondary N) is 1. The quantitative estimate of drug-likeness (QED) is 0.428. The Bertz CT molecular complexity index is 1080. The van der Waals surface area contributed by atoms with Gasteiger partial charge in [-0.2, -0.15) is 0 Å². The van der Waals surface area contributed by atoms with Crippen LogP contribution in [0.5, 0.6) is 0 Å². The van der Waals surface area contributed by atoms with Crippen LogP contribution < -0.4 is 5.32 Å². The minimum atomic E-state index is -1.39. The van der Waals surface area contributed by atoms with Crippen LogP contribution in [0.15, 0.2) is 48.5 Å². The summed E-state index contributed by atoms with van der Waals surface area (Å²) in [6.07, 6.45) is 2.57. The fraction of sp³-hybridized carbons (Fsp3) is 0.393. The van der Waals surface area contributed by atoms with Crippen LogP contribution in [0.25, 0.3) is 0 Å². The summed E-state index contributed by atoms with van der Waals surface area (Å²) in [5, 5.41) is 11.5. The molecule has 1 atom stereocenters. The van der Waals surface area contributed by atoms with Gasteiger partial charge in [-0.15, -0.1) is 0 Å². The predicted molar refractivity (Wildman–Crippen MR) is 135 cm³/mol. The lowest BCUT2D eigenvalue weighted by atomic mass is 9.94. The molecule has 2 aromatic rings. The number of aliphatic hydroxyl groups is 1. The molecule has 2 N–H and O–H groups in total. The minimum absolute atomic E-state index is 0.314. The third-order valence-corrected chi connectivity index (χ3v) is 6.24. The number of benzene rings is 2. The number of Topliss-reactive ketones (excluding diaryl/α,β-unsaturated/α-hetero) is 1. The number of hydrogen-bond acceptors (Lipinski definition) is 5. The second kappa shape index (κ2) is 12.3. The molecule has 1 fully saturated rings. The van der Waals surface area contributed by atoms with Gasteiger partial charge in [-0.3, -0.25) is 19.3 Å². The average Bonchev–Trinajstić information content (AvgIpc) is 2.86. The molecule has 35 heavy (non-hydrogen) atoms. The smallest absolute Gasteiger partial charge is 0.254 e. The van der Waals surface area contributed by atoms with Gasteiger partial charge in [0.05, 0.1) is 0 Å². The number of rotatable bonds is 9. The zero-order chi connectivity index (χ0) is 25.4. The standard InChI is InChI=1S/C28H33N3O4/c1-4-5-23-17-31(18-23)16-22-10-8-20(9-11-22)6-7-21-12-14-24(15-13-21)28(35)30(3)26(25(33)19-32)27(34)29-2/h8-15,23,26,32H,4-5,16-19H2,1-3H3,(H,29,34). The van der Waals surface area contributed by atoms with Crippen LogP contribution >= 0.6 is 0 Å². The van der Waals surface area contributed by atoms with E-state index in [9.17, 15) is 14.4 Å². The van der Waals surface area contributed by atoms with E-state index in [-0.39, 0.29) is 0 Å². The molecular formula is C28H33N3O4. The van der Waals surface area contributed by atoms with Crippen molar-refractivity contribution in [2.24, 2.45) is 5.92 Å². The Morgan fingerprint density at radius 2 is 1.63 bits per heavy atom. The summed E-state index contributed by atoms with van der Waals surface area (Å²) in [6, 6.07) is 13.6. The van der Waals surface area contributed by atoms with Crippen LogP contribution in [-0.4, -0.2) is 72.3 Å². The lowest BCUT2D eigenvalue weighted by molar-refractivity contribution is -0.135. The summed E-state index contributed by atoms with van der Waals surface area (Å²) < 4.78 is 0. The Morgan fingerprint density at radius 1 is 1.06 bits per heavy atom. The Labute approximate surface area is 207 Å². The summed E-state index contributed by atoms with van der Waals surface area (Å²) >= 11 is 0. The summed E-state index contributed by atoms with van der Waals surface area (Å²) in [7, 11) is 2.73. The number of nitrogens with zero attached hydrogens (tertiary/aromatic N) is 2. The van der Waals surface area contributed by atoms with E-state index in [4.69, 9.17) is 5.11 Å². The molecule has 3 rings (SSSR count). The Hall–Kier alpha value is -3.47. The maximum absolute atomic E-state index is 12.8. The minimum Gasteiger partial charge on any atom is -0.388 e. The van der Waals surface area contributed by atoms with E-state index >= 15 is 0 Å². The van der Waals surface area contributed by atoms with Crippen molar-refractivity contribution in [3.8, 4) is 11.8 Å². The van der Waals surface area contributed by atoms with Crippen molar-refractivity contribution >= 4 is 17.6 Å². The van der Waals surface area contributed by atoms with Crippen molar-refractivity contribution in [2.75, 3.05) is 33.8 Å². The molecule has 0 saturated carbocycles. The second-order valence-electron chi connectivity index (χ2n) is 8.93. The highest BCUT2D eigenvalue weighted by Gasteiger charge is 2.32. The van der Waals surface area contributed by atoms with Crippen LogP contribution in [0.3, 0.4) is 0 Å². The van der Waals surface area contributed by atoms with Crippen molar-refractivity contribution in [3.05, 3.63) is 70.8 Å². The molecule has 1 aliphatic heterocycles. The molecule has 1 saturated heterocycles. The first-order valence-electron chi connectivity index (χ1n) is 11.9. The first-order valence-corrected chi connectivity index (χ1v) is 11.9. The van der Waals surface area contributed by atoms with E-state index in [0.29, 0.717) is 5.56 Å². The normalized spacial score (nSPS) is 14.3. The van der Waals surface area contributed by atoms with Crippen molar-refractivity contribution in [3.63, 3.8) is 0 Å². The lowest BCUT2D eigenvalue weighted by Crippen LogP contribution is -2.52. The van der Waals surface area contributed by atoms with Crippen LogP contribution in [0.1, 0.15) is 46.8 Å². The number of likely N-dealkylation sites (N-methyl/N-ethyl adjacent to an activating group) is 2. The van der Waals surface area contributed by atoms with E-state index in [0.717, 1.165) is 28.5 Å². The van der Waals surface area contributed by atoms with Gasteiger partial charge in [-0.1, -0.05) is 37.3 Å². The van der Waals surface area contributed by atoms with Crippen molar-refractivity contribution in [1.29, 1.82) is 0 Å². The third-order valence-electron chi connectivity index (χ3n) is 6.24. The number of carbonyl (C=O) groups is 3. The third kappa shape index (κ3) is 6.78. The summed E-state index contributed by atoms with van der Waals surface area (Å²) in [6.45, 7) is 4.76. The van der Waals surface area contributed by atoms with Crippen molar-refractivity contribution in [1.82, 2.24) is 15.1 Å². The zero-order valence-electron chi connectivity index (χ0n) is 20.6. The molecule has 0 bridgehead atoms. The van der Waals surface area contributed by atoms with Gasteiger partial charge < -0.3 is 15.3 Å². The Kier molecular flexibility index (Phi) is 9.18. The predicted octanol–water partition coefficient (Wildman–Crippen LogP) is 2.07. The summed E-state index contributed by atoms with van der Waals surface area (Å²) in [5.74, 6) is 5.19. The van der Waals surface area contributed by atoms with Crippen molar-refractivity contribution in [2.45, 2.75) is 32.4 Å². The lowest BCUT2D eigenvalue weighted by Gasteiger charge is -2.39. The molecule has 1 aliphatic rings. The number of amides is 2. The van der Waals surface area contributed by atoms with Crippen LogP contribution in [-0.2, 0) is 16.1 Å². The maximum atomic E-state index is 12.8. The fourth-order valence-corrected chi connectivity index (χ4v) is 4.27. The fourth-order valence-electron chi connectivity index (χ4n) is 4.27. The molecule has 0 spiro atoms. The van der Waals surface area contributed by atoms with Gasteiger partial charge >= 0.3 is 0 Å². The molecular weight excluding hydrogens is 442 g/mol. The number of hydrogen-bond donors (Lipinski definition) is 2. The monoisotopic (exact) mass is 475 g/mol. The number of carbonyl (C=O) groups excluding carboxylic acids is 3. The van der Waals surface area contributed by atoms with Gasteiger partial charge in [0.25, 0.3) is 5.91 Å². The SMILES string of the molecule is CCCC1CN(Cc2ccc(C#Cc3ccc(C(=O)N(C)C(C(=O)CO)C(=O)NC)cc3)cc2)C1. The van der Waals surface area contributed by atoms with Crippen LogP contribution in [0, 0.1) is 17.8 Å². The first-order chi connectivity index (χ1) is 16.9. The highest BCUT2D eigenvalue weighted by Crippen LogP contribution is 2.22. The van der Waals surface area contributed by atoms with E-state index in [1.165, 1.54) is 45.6 Å². The molecule has 1 heterocycles. The largest absolute Gasteiger partial charge is 0.388 e. The van der Waals surface area contributed by atoms with Gasteiger partial charge in [0, 0.05) is 50.4 Å². The average molecular weight is 476 g/mol. The van der Waals surface area contributed by atoms with E-state index in [1.807, 2.05) is 12.1 Å². The molecule has 184 valence electrons. The van der Waals surface area contributed by atoms with Gasteiger partial charge in [-0.25, -0.2) is 0 Å².